The van der Waals surface area contributed by atoms with Gasteiger partial charge in [-0.1, -0.05) is 28.1 Å². The van der Waals surface area contributed by atoms with E-state index in [-0.39, 0.29) is 11.4 Å². The smallest absolute Gasteiger partial charge is 0.241 e. The van der Waals surface area contributed by atoms with Crippen molar-refractivity contribution in [2.75, 3.05) is 5.32 Å². The molecule has 0 aliphatic rings. The Labute approximate surface area is 129 Å². The number of phenols is 1. The van der Waals surface area contributed by atoms with Crippen LogP contribution < -0.4 is 11.1 Å². The molecule has 1 atom stereocenters. The van der Waals surface area contributed by atoms with Crippen LogP contribution in [0, 0.1) is 5.82 Å². The average Bonchev–Trinajstić information content (AvgIpc) is 2.45. The first-order valence-electron chi connectivity index (χ1n) is 6.25. The molecule has 0 fully saturated rings. The van der Waals surface area contributed by atoms with E-state index >= 15 is 0 Å². The van der Waals surface area contributed by atoms with Crippen LogP contribution in [0.3, 0.4) is 0 Å². The van der Waals surface area contributed by atoms with Crippen LogP contribution in [-0.2, 0) is 11.2 Å². The lowest BCUT2D eigenvalue weighted by Gasteiger charge is -2.13. The molecule has 2 aromatic rings. The number of nitrogens with two attached hydrogens (primary N) is 1. The Balaban J connectivity index is 2.02. The molecule has 0 aliphatic heterocycles. The Morgan fingerprint density at radius 3 is 2.62 bits per heavy atom. The summed E-state index contributed by atoms with van der Waals surface area (Å²) in [4.78, 5) is 12.0. The Bertz CT molecular complexity index is 647. The van der Waals surface area contributed by atoms with Gasteiger partial charge >= 0.3 is 0 Å². The molecular weight excluding hydrogens is 339 g/mol. The molecule has 0 aromatic heterocycles. The summed E-state index contributed by atoms with van der Waals surface area (Å²) in [6.45, 7) is 0. The largest absolute Gasteiger partial charge is 0.508 e. The van der Waals surface area contributed by atoms with E-state index in [1.807, 2.05) is 0 Å². The van der Waals surface area contributed by atoms with Crippen LogP contribution in [0.25, 0.3) is 0 Å². The number of benzene rings is 2. The molecule has 2 rings (SSSR count). The maximum atomic E-state index is 13.6. The van der Waals surface area contributed by atoms with E-state index in [1.165, 1.54) is 24.3 Å². The molecule has 0 saturated heterocycles. The highest BCUT2D eigenvalue weighted by atomic mass is 79.9. The summed E-state index contributed by atoms with van der Waals surface area (Å²) < 4.78 is 14.2. The predicted octanol–water partition coefficient (Wildman–Crippen LogP) is 2.80. The van der Waals surface area contributed by atoms with E-state index in [1.54, 1.807) is 18.2 Å². The topological polar surface area (TPSA) is 75.3 Å². The molecule has 110 valence electrons. The van der Waals surface area contributed by atoms with Crippen molar-refractivity contribution in [3.63, 3.8) is 0 Å². The van der Waals surface area contributed by atoms with E-state index in [0.29, 0.717) is 10.9 Å². The van der Waals surface area contributed by atoms with Gasteiger partial charge in [0.15, 0.2) is 0 Å². The monoisotopic (exact) mass is 352 g/mol. The van der Waals surface area contributed by atoms with Crippen LogP contribution in [0.15, 0.2) is 46.9 Å². The third kappa shape index (κ3) is 4.27. The van der Waals surface area contributed by atoms with Gasteiger partial charge in [0.25, 0.3) is 0 Å². The maximum absolute atomic E-state index is 13.6. The van der Waals surface area contributed by atoms with Gasteiger partial charge in [-0.2, -0.15) is 0 Å². The number of phenolic OH excluding ortho intramolecular Hbond substituents is 1. The number of carbonyl (C=O) groups excluding carboxylic acids is 1. The van der Waals surface area contributed by atoms with Gasteiger partial charge in [-0.05, 0) is 42.3 Å². The lowest BCUT2D eigenvalue weighted by Crippen LogP contribution is -2.37. The van der Waals surface area contributed by atoms with Crippen molar-refractivity contribution in [3.8, 4) is 5.75 Å². The third-order valence-electron chi connectivity index (χ3n) is 2.92. The van der Waals surface area contributed by atoms with E-state index < -0.39 is 17.8 Å². The van der Waals surface area contributed by atoms with Crippen molar-refractivity contribution in [1.82, 2.24) is 0 Å². The first kappa shape index (κ1) is 15.5. The van der Waals surface area contributed by atoms with Crippen LogP contribution >= 0.6 is 15.9 Å². The lowest BCUT2D eigenvalue weighted by atomic mass is 10.1. The second-order valence-corrected chi connectivity index (χ2v) is 5.51. The van der Waals surface area contributed by atoms with Gasteiger partial charge in [-0.3, -0.25) is 4.79 Å². The number of hydrogen-bond donors (Lipinski definition) is 3. The molecule has 0 aliphatic carbocycles. The molecule has 1 amide bonds. The number of hydrogen-bond acceptors (Lipinski definition) is 3. The fourth-order valence-corrected chi connectivity index (χ4v) is 2.16. The Hall–Kier alpha value is -1.92. The molecule has 0 bridgehead atoms. The number of nitrogens with one attached hydrogen (secondary N) is 1. The molecule has 0 saturated carbocycles. The summed E-state index contributed by atoms with van der Waals surface area (Å²) in [6, 6.07) is 9.87. The van der Waals surface area contributed by atoms with Gasteiger partial charge in [0, 0.05) is 4.47 Å². The molecule has 4 N–H and O–H groups in total. The lowest BCUT2D eigenvalue weighted by molar-refractivity contribution is -0.117. The van der Waals surface area contributed by atoms with E-state index in [9.17, 15) is 14.3 Å². The van der Waals surface area contributed by atoms with Gasteiger partial charge < -0.3 is 16.2 Å². The van der Waals surface area contributed by atoms with Gasteiger partial charge in [0.1, 0.15) is 11.6 Å². The quantitative estimate of drug-likeness (QED) is 0.791. The number of anilines is 1. The minimum absolute atomic E-state index is 0.0792. The van der Waals surface area contributed by atoms with Gasteiger partial charge in [0.2, 0.25) is 5.91 Å². The van der Waals surface area contributed by atoms with E-state index in [2.05, 4.69) is 21.2 Å². The molecule has 0 unspecified atom stereocenters. The molecule has 6 heteroatoms. The molecule has 21 heavy (non-hydrogen) atoms. The van der Waals surface area contributed by atoms with E-state index in [4.69, 9.17) is 5.73 Å². The number of rotatable bonds is 4. The molecule has 2 aromatic carbocycles. The third-order valence-corrected chi connectivity index (χ3v) is 3.41. The number of carbonyl (C=O) groups is 1. The zero-order valence-corrected chi connectivity index (χ0v) is 12.6. The van der Waals surface area contributed by atoms with Crippen LogP contribution in [0.1, 0.15) is 5.56 Å². The molecular formula is C15H14BrFN2O2. The zero-order chi connectivity index (χ0) is 15.4. The summed E-state index contributed by atoms with van der Waals surface area (Å²) in [5.74, 6) is -0.851. The van der Waals surface area contributed by atoms with Crippen molar-refractivity contribution in [1.29, 1.82) is 0 Å². The Morgan fingerprint density at radius 1 is 1.29 bits per heavy atom. The number of aromatic hydroxyl groups is 1. The summed E-state index contributed by atoms with van der Waals surface area (Å²) in [7, 11) is 0. The first-order valence-corrected chi connectivity index (χ1v) is 7.04. The summed E-state index contributed by atoms with van der Waals surface area (Å²) in [5.41, 5.74) is 6.70. The van der Waals surface area contributed by atoms with Crippen LogP contribution in [0.2, 0.25) is 0 Å². The fraction of sp³-hybridized carbons (Fsp3) is 0.133. The maximum Gasteiger partial charge on any atom is 0.241 e. The Morgan fingerprint density at radius 2 is 1.95 bits per heavy atom. The van der Waals surface area contributed by atoms with Crippen molar-refractivity contribution in [2.45, 2.75) is 12.5 Å². The first-order chi connectivity index (χ1) is 9.95. The van der Waals surface area contributed by atoms with Crippen LogP contribution in [0.4, 0.5) is 10.1 Å². The molecule has 4 nitrogen and oxygen atoms in total. The fourth-order valence-electron chi connectivity index (χ4n) is 1.80. The summed E-state index contributed by atoms with van der Waals surface area (Å²) in [5, 5.41) is 11.7. The number of amides is 1. The van der Waals surface area contributed by atoms with Crippen molar-refractivity contribution in [3.05, 3.63) is 58.3 Å². The predicted molar refractivity (Wildman–Crippen MR) is 82.5 cm³/mol. The standard InChI is InChI=1S/C15H14BrFN2O2/c16-10-3-6-12(17)14(8-10)19-15(21)13(18)7-9-1-4-11(20)5-2-9/h1-6,8,13,20H,7,18H2,(H,19,21)/t13-/m0/s1. The number of halogens is 2. The normalized spacial score (nSPS) is 12.0. The zero-order valence-electron chi connectivity index (χ0n) is 11.0. The van der Waals surface area contributed by atoms with Gasteiger partial charge in [0.05, 0.1) is 11.7 Å². The average molecular weight is 353 g/mol. The van der Waals surface area contributed by atoms with Crippen molar-refractivity contribution >= 4 is 27.5 Å². The van der Waals surface area contributed by atoms with Crippen LogP contribution in [-0.4, -0.2) is 17.1 Å². The highest BCUT2D eigenvalue weighted by molar-refractivity contribution is 9.10. The van der Waals surface area contributed by atoms with Crippen molar-refractivity contribution < 1.29 is 14.3 Å². The van der Waals surface area contributed by atoms with Gasteiger partial charge in [-0.15, -0.1) is 0 Å². The Kier molecular flexibility index (Phi) is 4.93. The van der Waals surface area contributed by atoms with E-state index in [0.717, 1.165) is 5.56 Å². The highest BCUT2D eigenvalue weighted by Crippen LogP contribution is 2.20. The second-order valence-electron chi connectivity index (χ2n) is 4.59. The van der Waals surface area contributed by atoms with Crippen molar-refractivity contribution in [2.24, 2.45) is 5.73 Å². The van der Waals surface area contributed by atoms with Crippen LogP contribution in [0.5, 0.6) is 5.75 Å². The van der Waals surface area contributed by atoms with Gasteiger partial charge in [-0.25, -0.2) is 4.39 Å². The second kappa shape index (κ2) is 6.69. The SMILES string of the molecule is N[C@@H](Cc1ccc(O)cc1)C(=O)Nc1cc(Br)ccc1F. The minimum Gasteiger partial charge on any atom is -0.508 e. The summed E-state index contributed by atoms with van der Waals surface area (Å²) in [6.07, 6.45) is 0.293. The minimum atomic E-state index is -0.812. The molecule has 0 spiro atoms. The molecule has 0 radical (unpaired) electrons. The summed E-state index contributed by atoms with van der Waals surface area (Å²) >= 11 is 3.21. The molecule has 0 heterocycles. The highest BCUT2D eigenvalue weighted by Gasteiger charge is 2.16.